The van der Waals surface area contributed by atoms with Crippen molar-refractivity contribution in [3.63, 3.8) is 0 Å². The Hall–Kier alpha value is -3.02. The van der Waals surface area contributed by atoms with Crippen LogP contribution in [0.15, 0.2) is 48.5 Å². The van der Waals surface area contributed by atoms with Crippen LogP contribution in [0.5, 0.6) is 0 Å². The first-order chi connectivity index (χ1) is 11.5. The highest BCUT2D eigenvalue weighted by Crippen LogP contribution is 2.23. The third-order valence-corrected chi connectivity index (χ3v) is 3.35. The van der Waals surface area contributed by atoms with Crippen molar-refractivity contribution < 1.29 is 9.59 Å². The van der Waals surface area contributed by atoms with Crippen LogP contribution in [-0.4, -0.2) is 32.6 Å². The van der Waals surface area contributed by atoms with Crippen molar-refractivity contribution in [3.8, 4) is 0 Å². The van der Waals surface area contributed by atoms with Crippen LogP contribution in [0.2, 0.25) is 0 Å². The minimum atomic E-state index is -0.420. The first-order valence-corrected chi connectivity index (χ1v) is 7.63. The molecule has 3 amide bonds. The van der Waals surface area contributed by atoms with Crippen LogP contribution in [0.25, 0.3) is 0 Å². The number of nitrogens with one attached hydrogen (secondary N) is 3. The number of rotatable bonds is 5. The fraction of sp³-hybridized carbons (Fsp3) is 0.222. The molecule has 126 valence electrons. The Morgan fingerprint density at radius 2 is 1.75 bits per heavy atom. The minimum absolute atomic E-state index is 0.112. The largest absolute Gasteiger partial charge is 0.376 e. The second kappa shape index (κ2) is 8.01. The van der Waals surface area contributed by atoms with Crippen LogP contribution in [0.3, 0.4) is 0 Å². The average molecular weight is 326 g/mol. The van der Waals surface area contributed by atoms with Gasteiger partial charge in [-0.05, 0) is 36.8 Å². The number of anilines is 3. The molecule has 0 aromatic heterocycles. The third-order valence-electron chi connectivity index (χ3n) is 3.35. The molecule has 0 radical (unpaired) electrons. The second-order valence-electron chi connectivity index (χ2n) is 5.64. The van der Waals surface area contributed by atoms with Crippen molar-refractivity contribution in [2.24, 2.45) is 0 Å². The third kappa shape index (κ3) is 5.01. The molecular formula is C18H22N4O2. The first-order valence-electron chi connectivity index (χ1n) is 7.63. The maximum absolute atomic E-state index is 12.0. The summed E-state index contributed by atoms with van der Waals surface area (Å²) in [5.41, 5.74) is 3.33. The van der Waals surface area contributed by atoms with Crippen molar-refractivity contribution in [2.45, 2.75) is 6.92 Å². The zero-order valence-electron chi connectivity index (χ0n) is 14.1. The van der Waals surface area contributed by atoms with Gasteiger partial charge in [-0.1, -0.05) is 24.3 Å². The molecule has 0 aliphatic carbocycles. The molecule has 6 nitrogen and oxygen atoms in total. The highest BCUT2D eigenvalue weighted by atomic mass is 16.2. The standard InChI is InChI=1S/C18H22N4O2/c1-13-7-6-8-14(11-13)20-18(24)19-12-17(23)21-15-9-4-5-10-16(15)22(2)3/h4-11H,12H2,1-3H3,(H,21,23)(H2,19,20,24). The molecule has 0 fully saturated rings. The zero-order chi connectivity index (χ0) is 17.5. The molecule has 0 bridgehead atoms. The van der Waals surface area contributed by atoms with Crippen molar-refractivity contribution in [3.05, 3.63) is 54.1 Å². The molecule has 24 heavy (non-hydrogen) atoms. The average Bonchev–Trinajstić information content (AvgIpc) is 2.53. The molecule has 0 aliphatic heterocycles. The normalized spacial score (nSPS) is 9.96. The lowest BCUT2D eigenvalue weighted by Gasteiger charge is -2.17. The van der Waals surface area contributed by atoms with Gasteiger partial charge in [0.05, 0.1) is 17.9 Å². The molecule has 2 rings (SSSR count). The van der Waals surface area contributed by atoms with Gasteiger partial charge in [0.2, 0.25) is 5.91 Å². The van der Waals surface area contributed by atoms with Crippen molar-refractivity contribution >= 4 is 29.0 Å². The van der Waals surface area contributed by atoms with Gasteiger partial charge < -0.3 is 20.9 Å². The van der Waals surface area contributed by atoms with Gasteiger partial charge in [-0.3, -0.25) is 4.79 Å². The Labute approximate surface area is 141 Å². The van der Waals surface area contributed by atoms with E-state index in [0.717, 1.165) is 11.3 Å². The van der Waals surface area contributed by atoms with Gasteiger partial charge in [-0.2, -0.15) is 0 Å². The minimum Gasteiger partial charge on any atom is -0.376 e. The van der Waals surface area contributed by atoms with E-state index in [2.05, 4.69) is 16.0 Å². The van der Waals surface area contributed by atoms with E-state index in [-0.39, 0.29) is 12.5 Å². The number of nitrogens with zero attached hydrogens (tertiary/aromatic N) is 1. The van der Waals surface area contributed by atoms with Gasteiger partial charge in [0.1, 0.15) is 0 Å². The number of hydrogen-bond acceptors (Lipinski definition) is 3. The summed E-state index contributed by atoms with van der Waals surface area (Å²) in [6.07, 6.45) is 0. The van der Waals surface area contributed by atoms with Crippen LogP contribution in [-0.2, 0) is 4.79 Å². The molecule has 0 saturated heterocycles. The second-order valence-corrected chi connectivity index (χ2v) is 5.64. The lowest BCUT2D eigenvalue weighted by atomic mass is 10.2. The highest BCUT2D eigenvalue weighted by Gasteiger charge is 2.09. The van der Waals surface area contributed by atoms with Crippen molar-refractivity contribution in [2.75, 3.05) is 36.2 Å². The SMILES string of the molecule is Cc1cccc(NC(=O)NCC(=O)Nc2ccccc2N(C)C)c1. The molecule has 0 spiro atoms. The van der Waals surface area contributed by atoms with E-state index in [4.69, 9.17) is 0 Å². The Kier molecular flexibility index (Phi) is 5.78. The van der Waals surface area contributed by atoms with Gasteiger partial charge in [0.25, 0.3) is 0 Å². The summed E-state index contributed by atoms with van der Waals surface area (Å²) in [6.45, 7) is 1.83. The number of carbonyl (C=O) groups is 2. The molecular weight excluding hydrogens is 304 g/mol. The van der Waals surface area contributed by atoms with E-state index in [9.17, 15) is 9.59 Å². The molecule has 0 heterocycles. The molecule has 0 unspecified atom stereocenters. The van der Waals surface area contributed by atoms with Crippen molar-refractivity contribution in [1.82, 2.24) is 5.32 Å². The number of benzene rings is 2. The van der Waals surface area contributed by atoms with Crippen LogP contribution < -0.4 is 20.9 Å². The van der Waals surface area contributed by atoms with E-state index >= 15 is 0 Å². The molecule has 0 atom stereocenters. The summed E-state index contributed by atoms with van der Waals surface area (Å²) in [5, 5.41) is 8.03. The molecule has 3 N–H and O–H groups in total. The predicted molar refractivity (Wildman–Crippen MR) is 97.6 cm³/mol. The number of carbonyl (C=O) groups excluding carboxylic acids is 2. The van der Waals surface area contributed by atoms with Gasteiger partial charge in [-0.25, -0.2) is 4.79 Å². The summed E-state index contributed by atoms with van der Waals surface area (Å²) < 4.78 is 0. The monoisotopic (exact) mass is 326 g/mol. The smallest absolute Gasteiger partial charge is 0.319 e. The van der Waals surface area contributed by atoms with Crippen LogP contribution in [0.1, 0.15) is 5.56 Å². The maximum atomic E-state index is 12.0. The molecule has 2 aromatic carbocycles. The number of aryl methyl sites for hydroxylation is 1. The van der Waals surface area contributed by atoms with Crippen LogP contribution >= 0.6 is 0 Å². The first kappa shape index (κ1) is 17.3. The Balaban J connectivity index is 1.86. The highest BCUT2D eigenvalue weighted by molar-refractivity contribution is 5.98. The lowest BCUT2D eigenvalue weighted by molar-refractivity contribution is -0.115. The maximum Gasteiger partial charge on any atom is 0.319 e. The van der Waals surface area contributed by atoms with E-state index in [1.54, 1.807) is 6.07 Å². The van der Waals surface area contributed by atoms with E-state index in [1.807, 2.05) is 68.4 Å². The summed E-state index contributed by atoms with van der Waals surface area (Å²) in [4.78, 5) is 25.8. The summed E-state index contributed by atoms with van der Waals surface area (Å²) in [5.74, 6) is -0.288. The molecule has 0 saturated carbocycles. The number of hydrogen-bond donors (Lipinski definition) is 3. The van der Waals surface area contributed by atoms with E-state index in [0.29, 0.717) is 11.4 Å². The topological polar surface area (TPSA) is 73.5 Å². The number of amides is 3. The van der Waals surface area contributed by atoms with Gasteiger partial charge in [-0.15, -0.1) is 0 Å². The molecule has 2 aromatic rings. The Bertz CT molecular complexity index is 728. The number of para-hydroxylation sites is 2. The van der Waals surface area contributed by atoms with E-state index < -0.39 is 6.03 Å². The fourth-order valence-corrected chi connectivity index (χ4v) is 2.22. The predicted octanol–water partition coefficient (Wildman–Crippen LogP) is 2.82. The van der Waals surface area contributed by atoms with Crippen LogP contribution in [0.4, 0.5) is 21.9 Å². The van der Waals surface area contributed by atoms with Gasteiger partial charge in [0, 0.05) is 19.8 Å². The lowest BCUT2D eigenvalue weighted by Crippen LogP contribution is -2.36. The fourth-order valence-electron chi connectivity index (χ4n) is 2.22. The zero-order valence-corrected chi connectivity index (χ0v) is 14.1. The van der Waals surface area contributed by atoms with E-state index in [1.165, 1.54) is 0 Å². The molecule has 6 heteroatoms. The Morgan fingerprint density at radius 1 is 1.00 bits per heavy atom. The number of urea groups is 1. The van der Waals surface area contributed by atoms with Gasteiger partial charge in [0.15, 0.2) is 0 Å². The molecule has 0 aliphatic rings. The van der Waals surface area contributed by atoms with Crippen molar-refractivity contribution in [1.29, 1.82) is 0 Å². The van der Waals surface area contributed by atoms with Crippen LogP contribution in [0, 0.1) is 6.92 Å². The summed E-state index contributed by atoms with van der Waals surface area (Å²) in [7, 11) is 3.80. The van der Waals surface area contributed by atoms with Gasteiger partial charge >= 0.3 is 6.03 Å². The summed E-state index contributed by atoms with van der Waals surface area (Å²) >= 11 is 0. The quantitative estimate of drug-likeness (QED) is 0.791. The summed E-state index contributed by atoms with van der Waals surface area (Å²) in [6, 6.07) is 14.5. The Morgan fingerprint density at radius 3 is 2.46 bits per heavy atom.